The van der Waals surface area contributed by atoms with Gasteiger partial charge in [0, 0.05) is 0 Å². The Balaban J connectivity index is 4.15. The summed E-state index contributed by atoms with van der Waals surface area (Å²) in [5, 5.41) is 2.41. The van der Waals surface area contributed by atoms with Crippen molar-refractivity contribution in [2.75, 3.05) is 13.2 Å². The Kier molecular flexibility index (Phi) is 5.21. The lowest BCUT2D eigenvalue weighted by molar-refractivity contribution is -0.144. The molecular weight excluding hydrogens is 216 g/mol. The van der Waals surface area contributed by atoms with Crippen LogP contribution in [-0.2, 0) is 14.3 Å². The minimum atomic E-state index is -0.957. The second kappa shape index (κ2) is 5.65. The number of thiocarbonyl (C=S) groups is 1. The Morgan fingerprint density at radius 1 is 1.47 bits per heavy atom. The van der Waals surface area contributed by atoms with Crippen molar-refractivity contribution in [1.29, 1.82) is 0 Å². The molecule has 0 rings (SSSR count). The standard InChI is InChI=1S/C9H16N2O3S/c1-4-14-6(12)5-11-8(13)9(2,3)7(10)15/h4-5H2,1-3H3,(H2,10,15)(H,11,13). The molecule has 6 heteroatoms. The van der Waals surface area contributed by atoms with Crippen LogP contribution >= 0.6 is 12.2 Å². The number of carbonyl (C=O) groups excluding carboxylic acids is 2. The van der Waals surface area contributed by atoms with E-state index in [0.717, 1.165) is 0 Å². The summed E-state index contributed by atoms with van der Waals surface area (Å²) in [4.78, 5) is 22.6. The smallest absolute Gasteiger partial charge is 0.325 e. The number of hydrogen-bond donors (Lipinski definition) is 2. The Morgan fingerprint density at radius 3 is 2.40 bits per heavy atom. The maximum Gasteiger partial charge on any atom is 0.325 e. The van der Waals surface area contributed by atoms with Gasteiger partial charge in [0.15, 0.2) is 0 Å². The normalized spacial score (nSPS) is 10.6. The SMILES string of the molecule is CCOC(=O)CNC(=O)C(C)(C)C(N)=S. The predicted molar refractivity (Wildman–Crippen MR) is 60.2 cm³/mol. The van der Waals surface area contributed by atoms with Crippen LogP contribution in [0.4, 0.5) is 0 Å². The third kappa shape index (κ3) is 4.24. The van der Waals surface area contributed by atoms with Gasteiger partial charge in [-0.2, -0.15) is 0 Å². The molecule has 5 nitrogen and oxygen atoms in total. The van der Waals surface area contributed by atoms with Crippen LogP contribution in [0.5, 0.6) is 0 Å². The zero-order valence-corrected chi connectivity index (χ0v) is 9.94. The molecular formula is C9H16N2O3S. The molecule has 0 spiro atoms. The Bertz CT molecular complexity index is 277. The van der Waals surface area contributed by atoms with Gasteiger partial charge in [-0.1, -0.05) is 12.2 Å². The van der Waals surface area contributed by atoms with Crippen molar-refractivity contribution >= 4 is 29.1 Å². The molecule has 0 aliphatic heterocycles. The van der Waals surface area contributed by atoms with Crippen molar-refractivity contribution in [1.82, 2.24) is 5.32 Å². The van der Waals surface area contributed by atoms with Crippen LogP contribution in [0.3, 0.4) is 0 Å². The summed E-state index contributed by atoms with van der Waals surface area (Å²) in [5.74, 6) is -0.868. The minimum Gasteiger partial charge on any atom is -0.465 e. The number of carbonyl (C=O) groups is 2. The van der Waals surface area contributed by atoms with Gasteiger partial charge in [-0.05, 0) is 20.8 Å². The largest absolute Gasteiger partial charge is 0.465 e. The molecule has 0 bridgehead atoms. The van der Waals surface area contributed by atoms with Gasteiger partial charge in [0.05, 0.1) is 17.0 Å². The summed E-state index contributed by atoms with van der Waals surface area (Å²) in [6.45, 7) is 5.00. The number of nitrogens with two attached hydrogens (primary N) is 1. The molecule has 0 aromatic heterocycles. The molecule has 86 valence electrons. The van der Waals surface area contributed by atoms with E-state index in [1.54, 1.807) is 20.8 Å². The van der Waals surface area contributed by atoms with Crippen LogP contribution in [0, 0.1) is 5.41 Å². The van der Waals surface area contributed by atoms with Gasteiger partial charge in [0.25, 0.3) is 0 Å². The van der Waals surface area contributed by atoms with E-state index in [2.05, 4.69) is 10.1 Å². The highest BCUT2D eigenvalue weighted by Gasteiger charge is 2.30. The summed E-state index contributed by atoms with van der Waals surface area (Å²) in [6.07, 6.45) is 0. The van der Waals surface area contributed by atoms with E-state index in [1.807, 2.05) is 0 Å². The molecule has 3 N–H and O–H groups in total. The van der Waals surface area contributed by atoms with Gasteiger partial charge >= 0.3 is 5.97 Å². The van der Waals surface area contributed by atoms with Crippen molar-refractivity contribution < 1.29 is 14.3 Å². The molecule has 0 radical (unpaired) electrons. The minimum absolute atomic E-state index is 0.0869. The van der Waals surface area contributed by atoms with Gasteiger partial charge in [0.2, 0.25) is 5.91 Å². The van der Waals surface area contributed by atoms with Crippen LogP contribution in [0.15, 0.2) is 0 Å². The first kappa shape index (κ1) is 13.8. The van der Waals surface area contributed by atoms with Crippen molar-refractivity contribution in [3.8, 4) is 0 Å². The lowest BCUT2D eigenvalue weighted by atomic mass is 9.92. The average molecular weight is 232 g/mol. The fourth-order valence-corrected chi connectivity index (χ4v) is 0.790. The maximum atomic E-state index is 11.5. The van der Waals surface area contributed by atoms with E-state index in [-0.39, 0.29) is 24.0 Å². The quantitative estimate of drug-likeness (QED) is 0.514. The third-order valence-corrected chi connectivity index (χ3v) is 2.39. The average Bonchev–Trinajstić information content (AvgIpc) is 2.14. The summed E-state index contributed by atoms with van der Waals surface area (Å²) in [5.41, 5.74) is 4.43. The van der Waals surface area contributed by atoms with Gasteiger partial charge in [-0.15, -0.1) is 0 Å². The van der Waals surface area contributed by atoms with Crippen molar-refractivity contribution in [2.24, 2.45) is 11.1 Å². The fourth-order valence-electron chi connectivity index (χ4n) is 0.697. The Labute approximate surface area is 94.3 Å². The molecule has 0 aliphatic carbocycles. The van der Waals surface area contributed by atoms with E-state index in [1.165, 1.54) is 0 Å². The highest BCUT2D eigenvalue weighted by molar-refractivity contribution is 7.80. The number of nitrogens with one attached hydrogen (secondary N) is 1. The molecule has 0 atom stereocenters. The lowest BCUT2D eigenvalue weighted by Crippen LogP contribution is -2.46. The number of ether oxygens (including phenoxy) is 1. The molecule has 0 saturated heterocycles. The van der Waals surface area contributed by atoms with Crippen LogP contribution in [0.25, 0.3) is 0 Å². The number of hydrogen-bond acceptors (Lipinski definition) is 4. The van der Waals surface area contributed by atoms with Gasteiger partial charge in [0.1, 0.15) is 6.54 Å². The monoisotopic (exact) mass is 232 g/mol. The van der Waals surface area contributed by atoms with E-state index in [0.29, 0.717) is 0 Å². The molecule has 15 heavy (non-hydrogen) atoms. The molecule has 0 aliphatic rings. The Morgan fingerprint density at radius 2 is 2.00 bits per heavy atom. The second-order valence-electron chi connectivity index (χ2n) is 3.48. The molecule has 0 unspecified atom stereocenters. The Hall–Kier alpha value is -1.17. The highest BCUT2D eigenvalue weighted by Crippen LogP contribution is 2.14. The summed E-state index contributed by atoms with van der Waals surface area (Å²) in [6, 6.07) is 0. The van der Waals surface area contributed by atoms with Gasteiger partial charge in [-0.3, -0.25) is 9.59 Å². The van der Waals surface area contributed by atoms with Crippen molar-refractivity contribution in [3.05, 3.63) is 0 Å². The van der Waals surface area contributed by atoms with Crippen molar-refractivity contribution in [3.63, 3.8) is 0 Å². The summed E-state index contributed by atoms with van der Waals surface area (Å²) < 4.78 is 4.65. The lowest BCUT2D eigenvalue weighted by Gasteiger charge is -2.21. The second-order valence-corrected chi connectivity index (χ2v) is 3.92. The van der Waals surface area contributed by atoms with Crippen LogP contribution < -0.4 is 11.1 Å². The van der Waals surface area contributed by atoms with E-state index >= 15 is 0 Å². The van der Waals surface area contributed by atoms with Crippen molar-refractivity contribution in [2.45, 2.75) is 20.8 Å². The van der Waals surface area contributed by atoms with Gasteiger partial charge < -0.3 is 15.8 Å². The fraction of sp³-hybridized carbons (Fsp3) is 0.667. The third-order valence-electron chi connectivity index (χ3n) is 1.88. The first-order valence-electron chi connectivity index (χ1n) is 4.56. The van der Waals surface area contributed by atoms with E-state index in [9.17, 15) is 9.59 Å². The zero-order valence-electron chi connectivity index (χ0n) is 9.12. The van der Waals surface area contributed by atoms with Crippen LogP contribution in [0.2, 0.25) is 0 Å². The van der Waals surface area contributed by atoms with E-state index < -0.39 is 11.4 Å². The summed E-state index contributed by atoms with van der Waals surface area (Å²) >= 11 is 4.74. The zero-order chi connectivity index (χ0) is 12.1. The molecule has 0 saturated carbocycles. The molecule has 0 heterocycles. The number of rotatable bonds is 5. The highest BCUT2D eigenvalue weighted by atomic mass is 32.1. The predicted octanol–water partition coefficient (Wildman–Crippen LogP) is -0.0220. The molecule has 0 aromatic rings. The molecule has 0 fully saturated rings. The maximum absolute atomic E-state index is 11.5. The van der Waals surface area contributed by atoms with Gasteiger partial charge in [-0.25, -0.2) is 0 Å². The number of esters is 1. The van der Waals surface area contributed by atoms with Crippen LogP contribution in [0.1, 0.15) is 20.8 Å². The number of amides is 1. The first-order chi connectivity index (χ1) is 6.82. The summed E-state index contributed by atoms with van der Waals surface area (Å²) in [7, 11) is 0. The topological polar surface area (TPSA) is 81.4 Å². The van der Waals surface area contributed by atoms with E-state index in [4.69, 9.17) is 18.0 Å². The molecule has 0 aromatic carbocycles. The first-order valence-corrected chi connectivity index (χ1v) is 4.97. The van der Waals surface area contributed by atoms with Crippen LogP contribution in [-0.4, -0.2) is 30.0 Å². The molecule has 1 amide bonds.